The van der Waals surface area contributed by atoms with E-state index in [-0.39, 0.29) is 5.56 Å². The highest BCUT2D eigenvalue weighted by atomic mass is 16.4. The summed E-state index contributed by atoms with van der Waals surface area (Å²) < 4.78 is 0. The van der Waals surface area contributed by atoms with E-state index in [1.165, 1.54) is 6.20 Å². The van der Waals surface area contributed by atoms with Crippen LogP contribution in [0.1, 0.15) is 22.5 Å². The molecule has 0 radical (unpaired) electrons. The second-order valence-electron chi connectivity index (χ2n) is 4.54. The topological polar surface area (TPSA) is 77.2 Å². The molecular formula is C16H15N3O2. The van der Waals surface area contributed by atoms with Crippen molar-refractivity contribution in [2.75, 3.05) is 11.4 Å². The molecule has 0 spiro atoms. The smallest absolute Gasteiger partial charge is 0.339 e. The minimum absolute atomic E-state index is 0.127. The third-order valence-corrected chi connectivity index (χ3v) is 3.06. The number of nitriles is 1. The number of carboxylic acid groups (broad SMARTS) is 1. The third kappa shape index (κ3) is 3.37. The minimum atomic E-state index is -1.03. The summed E-state index contributed by atoms with van der Waals surface area (Å²) in [6.07, 6.45) is 1.66. The largest absolute Gasteiger partial charge is 0.478 e. The van der Waals surface area contributed by atoms with Crippen LogP contribution in [-0.4, -0.2) is 22.6 Å². The predicted molar refractivity (Wildman–Crippen MR) is 79.6 cm³/mol. The molecule has 0 aliphatic rings. The lowest BCUT2D eigenvalue weighted by Gasteiger charge is -2.25. The van der Waals surface area contributed by atoms with Crippen LogP contribution in [0.5, 0.6) is 0 Å². The molecule has 0 amide bonds. The van der Waals surface area contributed by atoms with Gasteiger partial charge in [-0.2, -0.15) is 5.26 Å². The zero-order valence-corrected chi connectivity index (χ0v) is 11.7. The fourth-order valence-corrected chi connectivity index (χ4v) is 2.09. The molecule has 106 valence electrons. The van der Waals surface area contributed by atoms with Crippen molar-refractivity contribution >= 4 is 17.3 Å². The van der Waals surface area contributed by atoms with Gasteiger partial charge in [0, 0.05) is 24.1 Å². The average molecular weight is 281 g/mol. The van der Waals surface area contributed by atoms with Gasteiger partial charge >= 0.3 is 5.97 Å². The number of hydrogen-bond acceptors (Lipinski definition) is 4. The number of carboxylic acids is 1. The molecular weight excluding hydrogens is 266 g/mol. The summed E-state index contributed by atoms with van der Waals surface area (Å²) >= 11 is 0. The summed E-state index contributed by atoms with van der Waals surface area (Å²) in [7, 11) is 0. The summed E-state index contributed by atoms with van der Waals surface area (Å²) in [5, 5.41) is 18.2. The van der Waals surface area contributed by atoms with Crippen molar-refractivity contribution in [3.8, 4) is 6.07 Å². The van der Waals surface area contributed by atoms with Crippen LogP contribution in [0.4, 0.5) is 11.4 Å². The molecule has 0 saturated heterocycles. The minimum Gasteiger partial charge on any atom is -0.478 e. The lowest BCUT2D eigenvalue weighted by molar-refractivity contribution is 0.0697. The monoisotopic (exact) mass is 281 g/mol. The van der Waals surface area contributed by atoms with Crippen molar-refractivity contribution in [1.82, 2.24) is 4.98 Å². The van der Waals surface area contributed by atoms with Gasteiger partial charge in [-0.05, 0) is 25.1 Å². The highest BCUT2D eigenvalue weighted by Crippen LogP contribution is 2.29. The van der Waals surface area contributed by atoms with Gasteiger partial charge in [0.25, 0.3) is 0 Å². The van der Waals surface area contributed by atoms with Crippen molar-refractivity contribution in [3.05, 3.63) is 53.9 Å². The number of hydrogen-bond donors (Lipinski definition) is 1. The lowest BCUT2D eigenvalue weighted by atomic mass is 10.1. The number of nitrogens with zero attached hydrogens (tertiary/aromatic N) is 3. The van der Waals surface area contributed by atoms with Crippen molar-refractivity contribution in [2.24, 2.45) is 0 Å². The van der Waals surface area contributed by atoms with Gasteiger partial charge in [0.1, 0.15) is 5.56 Å². The fourth-order valence-electron chi connectivity index (χ4n) is 2.09. The third-order valence-electron chi connectivity index (χ3n) is 3.06. The zero-order chi connectivity index (χ0) is 15.2. The van der Waals surface area contributed by atoms with Crippen LogP contribution in [0.3, 0.4) is 0 Å². The number of para-hydroxylation sites is 1. The Bertz CT molecular complexity index is 678. The molecule has 0 atom stereocenters. The summed E-state index contributed by atoms with van der Waals surface area (Å²) in [5.74, 6) is -1.03. The highest BCUT2D eigenvalue weighted by molar-refractivity contribution is 5.95. The highest BCUT2D eigenvalue weighted by Gasteiger charge is 2.18. The van der Waals surface area contributed by atoms with Gasteiger partial charge in [0.15, 0.2) is 0 Å². The van der Waals surface area contributed by atoms with Crippen molar-refractivity contribution in [3.63, 3.8) is 0 Å². The number of aryl methyl sites for hydroxylation is 1. The molecule has 0 saturated carbocycles. The Balaban J connectivity index is 2.53. The van der Waals surface area contributed by atoms with E-state index in [2.05, 4.69) is 11.1 Å². The van der Waals surface area contributed by atoms with E-state index in [1.54, 1.807) is 6.07 Å². The molecule has 0 unspecified atom stereocenters. The number of aromatic carboxylic acids is 1. The second kappa shape index (κ2) is 6.53. The maximum Gasteiger partial charge on any atom is 0.339 e. The van der Waals surface area contributed by atoms with Crippen LogP contribution >= 0.6 is 0 Å². The van der Waals surface area contributed by atoms with Gasteiger partial charge in [-0.15, -0.1) is 0 Å². The van der Waals surface area contributed by atoms with Gasteiger partial charge in [-0.1, -0.05) is 18.2 Å². The van der Waals surface area contributed by atoms with E-state index in [1.807, 2.05) is 42.2 Å². The van der Waals surface area contributed by atoms with Gasteiger partial charge in [0.05, 0.1) is 18.2 Å². The Hall–Kier alpha value is -2.87. The molecule has 21 heavy (non-hydrogen) atoms. The lowest BCUT2D eigenvalue weighted by Crippen LogP contribution is -2.21. The first-order chi connectivity index (χ1) is 10.1. The van der Waals surface area contributed by atoms with Gasteiger partial charge in [-0.3, -0.25) is 4.98 Å². The van der Waals surface area contributed by atoms with Crippen LogP contribution in [-0.2, 0) is 0 Å². The standard InChI is InChI=1S/C16H15N3O2/c1-12-10-15(14(11-18-12)16(20)21)19(9-5-8-17)13-6-3-2-4-7-13/h2-4,6-7,10-11H,5,9H2,1H3,(H,20,21). The maximum absolute atomic E-state index is 11.4. The van der Waals surface area contributed by atoms with E-state index in [4.69, 9.17) is 5.26 Å². The number of benzene rings is 1. The molecule has 1 aromatic heterocycles. The van der Waals surface area contributed by atoms with Crippen LogP contribution in [0.15, 0.2) is 42.6 Å². The Morgan fingerprint density at radius 3 is 2.71 bits per heavy atom. The molecule has 1 N–H and O–H groups in total. The molecule has 5 nitrogen and oxygen atoms in total. The zero-order valence-electron chi connectivity index (χ0n) is 11.7. The molecule has 0 bridgehead atoms. The molecule has 5 heteroatoms. The van der Waals surface area contributed by atoms with E-state index in [9.17, 15) is 9.90 Å². The van der Waals surface area contributed by atoms with E-state index < -0.39 is 5.97 Å². The maximum atomic E-state index is 11.4. The Morgan fingerprint density at radius 1 is 1.38 bits per heavy atom. The number of anilines is 2. The number of aromatic nitrogens is 1. The second-order valence-corrected chi connectivity index (χ2v) is 4.54. The Kier molecular flexibility index (Phi) is 4.52. The van der Waals surface area contributed by atoms with Crippen LogP contribution in [0.2, 0.25) is 0 Å². The average Bonchev–Trinajstić information content (AvgIpc) is 2.48. The van der Waals surface area contributed by atoms with Crippen molar-refractivity contribution in [1.29, 1.82) is 5.26 Å². The first-order valence-corrected chi connectivity index (χ1v) is 6.53. The number of pyridine rings is 1. The molecule has 0 fully saturated rings. The van der Waals surface area contributed by atoms with E-state index >= 15 is 0 Å². The molecule has 2 rings (SSSR count). The Labute approximate surface area is 123 Å². The van der Waals surface area contributed by atoms with Crippen LogP contribution in [0.25, 0.3) is 0 Å². The normalized spacial score (nSPS) is 9.90. The van der Waals surface area contributed by atoms with E-state index in [0.717, 1.165) is 11.4 Å². The molecule has 0 aliphatic heterocycles. The van der Waals surface area contributed by atoms with Crippen LogP contribution < -0.4 is 4.90 Å². The summed E-state index contributed by atoms with van der Waals surface area (Å²) in [4.78, 5) is 17.3. The fraction of sp³-hybridized carbons (Fsp3) is 0.188. The van der Waals surface area contributed by atoms with Gasteiger partial charge in [0.2, 0.25) is 0 Å². The summed E-state index contributed by atoms with van der Waals surface area (Å²) in [6, 6.07) is 13.2. The predicted octanol–water partition coefficient (Wildman–Crippen LogP) is 3.14. The molecule has 0 aliphatic carbocycles. The quantitative estimate of drug-likeness (QED) is 0.911. The first kappa shape index (κ1) is 14.5. The van der Waals surface area contributed by atoms with Crippen molar-refractivity contribution in [2.45, 2.75) is 13.3 Å². The van der Waals surface area contributed by atoms with Gasteiger partial charge in [-0.25, -0.2) is 4.79 Å². The molecule has 1 heterocycles. The van der Waals surface area contributed by atoms with Crippen LogP contribution in [0, 0.1) is 18.3 Å². The molecule has 1 aromatic carbocycles. The summed E-state index contributed by atoms with van der Waals surface area (Å²) in [6.45, 7) is 2.23. The van der Waals surface area contributed by atoms with Gasteiger partial charge < -0.3 is 10.0 Å². The van der Waals surface area contributed by atoms with Crippen molar-refractivity contribution < 1.29 is 9.90 Å². The number of carbonyl (C=O) groups is 1. The first-order valence-electron chi connectivity index (χ1n) is 6.53. The molecule has 2 aromatic rings. The number of rotatable bonds is 5. The van der Waals surface area contributed by atoms with E-state index in [0.29, 0.717) is 18.7 Å². The summed E-state index contributed by atoms with van der Waals surface area (Å²) in [5.41, 5.74) is 2.26. The SMILES string of the molecule is Cc1cc(N(CCC#N)c2ccccc2)c(C(=O)O)cn1. The Morgan fingerprint density at radius 2 is 2.10 bits per heavy atom.